The van der Waals surface area contributed by atoms with E-state index in [0.29, 0.717) is 24.5 Å². The Hall–Kier alpha value is -2.19. The van der Waals surface area contributed by atoms with Crippen molar-refractivity contribution in [1.82, 2.24) is 15.8 Å². The quantitative estimate of drug-likeness (QED) is 0.826. The maximum Gasteiger partial charge on any atom is 0.241 e. The number of aromatic nitrogens is 1. The summed E-state index contributed by atoms with van der Waals surface area (Å²) in [5.74, 6) is -0.000973. The van der Waals surface area contributed by atoms with Gasteiger partial charge in [-0.3, -0.25) is 4.79 Å². The first-order valence-electron chi connectivity index (χ1n) is 8.12. The lowest BCUT2D eigenvalue weighted by Gasteiger charge is -2.34. The molecule has 1 fully saturated rings. The summed E-state index contributed by atoms with van der Waals surface area (Å²) in [5, 5.41) is 9.78. The van der Waals surface area contributed by atoms with Crippen LogP contribution in [0.5, 0.6) is 0 Å². The van der Waals surface area contributed by atoms with Gasteiger partial charge in [0.2, 0.25) is 5.91 Å². The molecule has 1 aliphatic heterocycles. The molecule has 7 nitrogen and oxygen atoms in total. The van der Waals surface area contributed by atoms with Crippen molar-refractivity contribution >= 4 is 15.7 Å². The molecular weight excluding hydrogens is 342 g/mol. The molecule has 0 saturated carbocycles. The molecule has 1 aliphatic rings. The molecule has 0 radical (unpaired) electrons. The Balaban J connectivity index is 1.71. The highest BCUT2D eigenvalue weighted by Gasteiger charge is 2.48. The summed E-state index contributed by atoms with van der Waals surface area (Å²) in [7, 11) is -3.53. The largest absolute Gasteiger partial charge is 0.359 e. The SMILES string of the molecule is CS(=O)(=O)C1(C(=O)NCc2cc(-c3ccccc3)no2)CCNCC1. The van der Waals surface area contributed by atoms with E-state index in [1.165, 1.54) is 0 Å². The van der Waals surface area contributed by atoms with E-state index < -0.39 is 20.5 Å². The molecular formula is C17H21N3O4S. The van der Waals surface area contributed by atoms with Crippen LogP contribution in [0.15, 0.2) is 40.9 Å². The molecule has 25 heavy (non-hydrogen) atoms. The van der Waals surface area contributed by atoms with E-state index in [-0.39, 0.29) is 19.4 Å². The van der Waals surface area contributed by atoms with E-state index >= 15 is 0 Å². The molecule has 3 rings (SSSR count). The number of benzene rings is 1. The highest BCUT2D eigenvalue weighted by molar-refractivity contribution is 7.92. The predicted octanol–water partition coefficient (Wildman–Crippen LogP) is 1.12. The zero-order valence-electron chi connectivity index (χ0n) is 14.0. The monoisotopic (exact) mass is 363 g/mol. The molecule has 1 aromatic heterocycles. The predicted molar refractivity (Wildman–Crippen MR) is 93.5 cm³/mol. The number of rotatable bonds is 5. The summed E-state index contributed by atoms with van der Waals surface area (Å²) in [6, 6.07) is 11.3. The normalized spacial score (nSPS) is 17.2. The van der Waals surface area contributed by atoms with Crippen LogP contribution in [0.25, 0.3) is 11.3 Å². The van der Waals surface area contributed by atoms with Gasteiger partial charge in [0.1, 0.15) is 5.69 Å². The van der Waals surface area contributed by atoms with Crippen LogP contribution < -0.4 is 10.6 Å². The zero-order chi connectivity index (χ0) is 17.9. The molecule has 8 heteroatoms. The van der Waals surface area contributed by atoms with Crippen LogP contribution in [-0.2, 0) is 21.2 Å². The van der Waals surface area contributed by atoms with Crippen LogP contribution in [0.2, 0.25) is 0 Å². The first-order valence-corrected chi connectivity index (χ1v) is 10.0. The van der Waals surface area contributed by atoms with Crippen molar-refractivity contribution in [2.24, 2.45) is 0 Å². The molecule has 2 heterocycles. The third-order valence-electron chi connectivity index (χ3n) is 4.59. The van der Waals surface area contributed by atoms with E-state index in [1.807, 2.05) is 30.3 Å². The van der Waals surface area contributed by atoms with E-state index in [4.69, 9.17) is 4.52 Å². The number of carbonyl (C=O) groups is 1. The molecule has 0 aliphatic carbocycles. The van der Waals surface area contributed by atoms with Crippen LogP contribution >= 0.6 is 0 Å². The van der Waals surface area contributed by atoms with E-state index in [1.54, 1.807) is 6.07 Å². The van der Waals surface area contributed by atoms with E-state index in [2.05, 4.69) is 15.8 Å². The Morgan fingerprint density at radius 3 is 2.60 bits per heavy atom. The van der Waals surface area contributed by atoms with Crippen LogP contribution in [0.1, 0.15) is 18.6 Å². The number of amides is 1. The average molecular weight is 363 g/mol. The first kappa shape index (κ1) is 17.6. The van der Waals surface area contributed by atoms with Gasteiger partial charge in [-0.2, -0.15) is 0 Å². The van der Waals surface area contributed by atoms with Gasteiger partial charge >= 0.3 is 0 Å². The minimum atomic E-state index is -3.53. The van der Waals surface area contributed by atoms with Crippen LogP contribution in [0.4, 0.5) is 0 Å². The molecule has 1 amide bonds. The number of hydrogen-bond donors (Lipinski definition) is 2. The van der Waals surface area contributed by atoms with Gasteiger partial charge in [-0.25, -0.2) is 8.42 Å². The van der Waals surface area contributed by atoms with Gasteiger partial charge in [0, 0.05) is 17.9 Å². The maximum atomic E-state index is 12.6. The third-order valence-corrected chi connectivity index (χ3v) is 6.60. The lowest BCUT2D eigenvalue weighted by molar-refractivity contribution is -0.124. The second-order valence-corrected chi connectivity index (χ2v) is 8.57. The highest BCUT2D eigenvalue weighted by atomic mass is 32.2. The Morgan fingerprint density at radius 1 is 1.28 bits per heavy atom. The van der Waals surface area contributed by atoms with Crippen molar-refractivity contribution in [1.29, 1.82) is 0 Å². The van der Waals surface area contributed by atoms with Crippen molar-refractivity contribution in [3.8, 4) is 11.3 Å². The minimum absolute atomic E-state index is 0.101. The molecule has 2 aromatic rings. The summed E-state index contributed by atoms with van der Waals surface area (Å²) < 4.78 is 28.3. The Labute approximate surface area is 146 Å². The number of nitrogens with zero attached hydrogens (tertiary/aromatic N) is 1. The molecule has 2 N–H and O–H groups in total. The average Bonchev–Trinajstić information content (AvgIpc) is 3.09. The second kappa shape index (κ2) is 6.97. The van der Waals surface area contributed by atoms with Crippen molar-refractivity contribution in [2.75, 3.05) is 19.3 Å². The summed E-state index contributed by atoms with van der Waals surface area (Å²) in [6.07, 6.45) is 1.66. The maximum absolute atomic E-state index is 12.6. The van der Waals surface area contributed by atoms with Gasteiger partial charge < -0.3 is 15.2 Å². The van der Waals surface area contributed by atoms with Crippen molar-refractivity contribution in [3.63, 3.8) is 0 Å². The summed E-state index contributed by atoms with van der Waals surface area (Å²) in [6.45, 7) is 1.10. The van der Waals surface area contributed by atoms with Gasteiger partial charge in [-0.05, 0) is 25.9 Å². The number of nitrogens with one attached hydrogen (secondary N) is 2. The fourth-order valence-electron chi connectivity index (χ4n) is 3.07. The molecule has 0 spiro atoms. The Bertz CT molecular complexity index is 840. The standard InChI is InChI=1S/C17H21N3O4S/c1-25(22,23)17(7-9-18-10-8-17)16(21)19-12-14-11-15(20-24-14)13-5-3-2-4-6-13/h2-6,11,18H,7-10,12H2,1H3,(H,19,21). The van der Waals surface area contributed by atoms with Crippen LogP contribution in [-0.4, -0.2) is 43.6 Å². The number of piperidine rings is 1. The summed E-state index contributed by atoms with van der Waals surface area (Å²) in [4.78, 5) is 12.6. The van der Waals surface area contributed by atoms with Crippen molar-refractivity contribution in [2.45, 2.75) is 24.1 Å². The number of sulfone groups is 1. The van der Waals surface area contributed by atoms with Crippen molar-refractivity contribution in [3.05, 3.63) is 42.2 Å². The van der Waals surface area contributed by atoms with Gasteiger partial charge in [0.15, 0.2) is 20.3 Å². The van der Waals surface area contributed by atoms with Gasteiger partial charge in [0.05, 0.1) is 6.54 Å². The molecule has 1 aromatic carbocycles. The van der Waals surface area contributed by atoms with Gasteiger partial charge in [0.25, 0.3) is 0 Å². The molecule has 0 unspecified atom stereocenters. The van der Waals surface area contributed by atoms with Crippen LogP contribution in [0, 0.1) is 0 Å². The fourth-order valence-corrected chi connectivity index (χ4v) is 4.42. The molecule has 134 valence electrons. The first-order chi connectivity index (χ1) is 11.9. The summed E-state index contributed by atoms with van der Waals surface area (Å²) >= 11 is 0. The Morgan fingerprint density at radius 2 is 1.96 bits per heavy atom. The van der Waals surface area contributed by atoms with Crippen LogP contribution in [0.3, 0.4) is 0 Å². The van der Waals surface area contributed by atoms with E-state index in [9.17, 15) is 13.2 Å². The topological polar surface area (TPSA) is 101 Å². The van der Waals surface area contributed by atoms with Gasteiger partial charge in [-0.1, -0.05) is 35.5 Å². The second-order valence-electron chi connectivity index (χ2n) is 6.24. The molecule has 0 atom stereocenters. The van der Waals surface area contributed by atoms with E-state index in [0.717, 1.165) is 11.8 Å². The number of hydrogen-bond acceptors (Lipinski definition) is 6. The molecule has 1 saturated heterocycles. The lowest BCUT2D eigenvalue weighted by Crippen LogP contribution is -2.57. The third kappa shape index (κ3) is 3.59. The highest BCUT2D eigenvalue weighted by Crippen LogP contribution is 2.28. The zero-order valence-corrected chi connectivity index (χ0v) is 14.8. The van der Waals surface area contributed by atoms with Crippen molar-refractivity contribution < 1.29 is 17.7 Å². The fraction of sp³-hybridized carbons (Fsp3) is 0.412. The Kier molecular flexibility index (Phi) is 4.91. The summed E-state index contributed by atoms with van der Waals surface area (Å²) in [5.41, 5.74) is 1.58. The smallest absolute Gasteiger partial charge is 0.241 e. The minimum Gasteiger partial charge on any atom is -0.359 e. The van der Waals surface area contributed by atoms with Gasteiger partial charge in [-0.15, -0.1) is 0 Å². The molecule has 0 bridgehead atoms. The lowest BCUT2D eigenvalue weighted by atomic mass is 9.96. The number of carbonyl (C=O) groups excluding carboxylic acids is 1.